The third-order valence-electron chi connectivity index (χ3n) is 3.00. The Hall–Kier alpha value is -0.390. The molecular weight excluding hydrogens is 213 g/mol. The molecule has 0 amide bonds. The van der Waals surface area contributed by atoms with Gasteiger partial charge in [0.15, 0.2) is 0 Å². The van der Waals surface area contributed by atoms with Gasteiger partial charge >= 0.3 is 0 Å². The first kappa shape index (κ1) is 12.1. The summed E-state index contributed by atoms with van der Waals surface area (Å²) in [6, 6.07) is 11.1. The molecule has 1 saturated heterocycles. The molecule has 2 rings (SSSR count). The molecule has 1 fully saturated rings. The van der Waals surface area contributed by atoms with Crippen LogP contribution in [0.1, 0.15) is 33.6 Å². The van der Waals surface area contributed by atoms with Crippen molar-refractivity contribution >= 4 is 13.4 Å². The van der Waals surface area contributed by atoms with Crippen molar-refractivity contribution in [2.24, 2.45) is 0 Å². The van der Waals surface area contributed by atoms with Crippen molar-refractivity contribution in [2.45, 2.75) is 38.8 Å². The quantitative estimate of drug-likeness (QED) is 0.708. The number of hydrogen-bond donors (Lipinski definition) is 0. The zero-order chi connectivity index (χ0) is 11.6. The lowest BCUT2D eigenvalue weighted by Crippen LogP contribution is -2.30. The van der Waals surface area contributed by atoms with Crippen LogP contribution in [0.5, 0.6) is 0 Å². The molecular formula is C14H22NP. The van der Waals surface area contributed by atoms with Crippen LogP contribution in [-0.2, 0) is 0 Å². The minimum absolute atomic E-state index is 0.165. The van der Waals surface area contributed by atoms with Crippen LogP contribution in [-0.4, -0.2) is 22.9 Å². The van der Waals surface area contributed by atoms with E-state index in [0.717, 1.165) is 0 Å². The van der Waals surface area contributed by atoms with Crippen LogP contribution in [0.2, 0.25) is 0 Å². The van der Waals surface area contributed by atoms with Gasteiger partial charge in [-0.05, 0) is 23.3 Å². The monoisotopic (exact) mass is 235 g/mol. The predicted molar refractivity (Wildman–Crippen MR) is 73.6 cm³/mol. The van der Waals surface area contributed by atoms with Gasteiger partial charge in [0.1, 0.15) is 0 Å². The molecule has 1 heterocycles. The van der Waals surface area contributed by atoms with Crippen LogP contribution in [0, 0.1) is 0 Å². The maximum atomic E-state index is 2.71. The lowest BCUT2D eigenvalue weighted by molar-refractivity contribution is 0.547. The van der Waals surface area contributed by atoms with Gasteiger partial charge in [-0.2, -0.15) is 0 Å². The molecule has 1 aromatic carbocycles. The van der Waals surface area contributed by atoms with E-state index in [-0.39, 0.29) is 8.07 Å². The van der Waals surface area contributed by atoms with Crippen LogP contribution in [0.25, 0.3) is 0 Å². The van der Waals surface area contributed by atoms with Gasteiger partial charge in [-0.3, -0.25) is 4.67 Å². The summed E-state index contributed by atoms with van der Waals surface area (Å²) in [4.78, 5) is 0. The molecule has 0 spiro atoms. The smallest absolute Gasteiger partial charge is 0.00244 e. The average molecular weight is 235 g/mol. The summed E-state index contributed by atoms with van der Waals surface area (Å²) in [6.07, 6.45) is 2.75. The summed E-state index contributed by atoms with van der Waals surface area (Å²) >= 11 is 0. The van der Waals surface area contributed by atoms with Crippen molar-refractivity contribution in [1.29, 1.82) is 0 Å². The summed E-state index contributed by atoms with van der Waals surface area (Å²) in [5.74, 6) is 0. The molecule has 0 radical (unpaired) electrons. The topological polar surface area (TPSA) is 3.24 Å². The molecule has 2 heteroatoms. The van der Waals surface area contributed by atoms with Gasteiger partial charge in [0, 0.05) is 21.2 Å². The normalized spacial score (nSPS) is 19.9. The lowest BCUT2D eigenvalue weighted by Gasteiger charge is -2.38. The second-order valence-electron chi connectivity index (χ2n) is 5.48. The summed E-state index contributed by atoms with van der Waals surface area (Å²) < 4.78 is 2.71. The van der Waals surface area contributed by atoms with Crippen molar-refractivity contribution in [2.75, 3.05) is 13.1 Å². The van der Waals surface area contributed by atoms with Gasteiger partial charge in [0.05, 0.1) is 0 Å². The molecule has 1 aromatic rings. The SMILES string of the molecule is CC(C)(C)P(c1ccccc1)N1CCCC1. The highest BCUT2D eigenvalue weighted by atomic mass is 31.1. The van der Waals surface area contributed by atoms with Gasteiger partial charge in [0.2, 0.25) is 0 Å². The van der Waals surface area contributed by atoms with Crippen molar-refractivity contribution in [3.63, 3.8) is 0 Å². The predicted octanol–water partition coefficient (Wildman–Crippen LogP) is 3.60. The molecule has 0 N–H and O–H groups in total. The highest BCUT2D eigenvalue weighted by molar-refractivity contribution is 7.64. The van der Waals surface area contributed by atoms with E-state index in [9.17, 15) is 0 Å². The maximum Gasteiger partial charge on any atom is 0.00244 e. The Balaban J connectivity index is 2.28. The summed E-state index contributed by atoms with van der Waals surface area (Å²) in [6.45, 7) is 9.72. The number of rotatable bonds is 2. The third-order valence-corrected chi connectivity index (χ3v) is 6.03. The Kier molecular flexibility index (Phi) is 3.66. The Labute approximate surface area is 101 Å². The van der Waals surface area contributed by atoms with Gasteiger partial charge in [0.25, 0.3) is 0 Å². The Morgan fingerprint density at radius 3 is 2.06 bits per heavy atom. The van der Waals surface area contributed by atoms with E-state index in [1.807, 2.05) is 0 Å². The molecule has 0 bridgehead atoms. The molecule has 1 aliphatic rings. The fraction of sp³-hybridized carbons (Fsp3) is 0.571. The van der Waals surface area contributed by atoms with E-state index in [1.165, 1.54) is 31.2 Å². The zero-order valence-corrected chi connectivity index (χ0v) is 11.5. The zero-order valence-electron chi connectivity index (χ0n) is 10.6. The molecule has 0 aromatic heterocycles. The van der Waals surface area contributed by atoms with E-state index in [2.05, 4.69) is 55.8 Å². The third kappa shape index (κ3) is 2.64. The van der Waals surface area contributed by atoms with Crippen molar-refractivity contribution in [1.82, 2.24) is 4.67 Å². The van der Waals surface area contributed by atoms with E-state index in [0.29, 0.717) is 5.16 Å². The Bertz CT molecular complexity index is 322. The van der Waals surface area contributed by atoms with Crippen LogP contribution >= 0.6 is 8.07 Å². The summed E-state index contributed by atoms with van der Waals surface area (Å²) in [7, 11) is -0.165. The first-order chi connectivity index (χ1) is 7.59. The highest BCUT2D eigenvalue weighted by Gasteiger charge is 2.32. The van der Waals surface area contributed by atoms with Crippen LogP contribution in [0.4, 0.5) is 0 Å². The first-order valence-corrected chi connectivity index (χ1v) is 7.48. The van der Waals surface area contributed by atoms with Crippen LogP contribution < -0.4 is 5.30 Å². The van der Waals surface area contributed by atoms with Crippen molar-refractivity contribution in [3.8, 4) is 0 Å². The van der Waals surface area contributed by atoms with E-state index in [1.54, 1.807) is 0 Å². The fourth-order valence-electron chi connectivity index (χ4n) is 2.44. The molecule has 0 aliphatic carbocycles. The minimum atomic E-state index is -0.165. The molecule has 1 atom stereocenters. The average Bonchev–Trinajstić information content (AvgIpc) is 2.71. The van der Waals surface area contributed by atoms with Crippen molar-refractivity contribution < 1.29 is 0 Å². The van der Waals surface area contributed by atoms with E-state index in [4.69, 9.17) is 0 Å². The van der Waals surface area contributed by atoms with Gasteiger partial charge in [-0.1, -0.05) is 51.1 Å². The Morgan fingerprint density at radius 2 is 1.56 bits per heavy atom. The molecule has 88 valence electrons. The van der Waals surface area contributed by atoms with E-state index < -0.39 is 0 Å². The van der Waals surface area contributed by atoms with Crippen LogP contribution in [0.15, 0.2) is 30.3 Å². The molecule has 0 saturated carbocycles. The molecule has 1 nitrogen and oxygen atoms in total. The number of benzene rings is 1. The van der Waals surface area contributed by atoms with Gasteiger partial charge < -0.3 is 0 Å². The summed E-state index contributed by atoms with van der Waals surface area (Å²) in [5, 5.41) is 1.91. The van der Waals surface area contributed by atoms with Gasteiger partial charge in [-0.15, -0.1) is 0 Å². The first-order valence-electron chi connectivity index (χ1n) is 6.19. The van der Waals surface area contributed by atoms with Gasteiger partial charge in [-0.25, -0.2) is 0 Å². The standard InChI is InChI=1S/C14H22NP/c1-14(2,3)16(15-11-7-8-12-15)13-9-5-4-6-10-13/h4-6,9-10H,7-8,11-12H2,1-3H3. The number of hydrogen-bond acceptors (Lipinski definition) is 1. The molecule has 1 unspecified atom stereocenters. The fourth-order valence-corrected chi connectivity index (χ4v) is 5.53. The highest BCUT2D eigenvalue weighted by Crippen LogP contribution is 2.52. The van der Waals surface area contributed by atoms with Crippen LogP contribution in [0.3, 0.4) is 0 Å². The second kappa shape index (κ2) is 4.85. The number of nitrogens with zero attached hydrogens (tertiary/aromatic N) is 1. The second-order valence-corrected chi connectivity index (χ2v) is 8.53. The lowest BCUT2D eigenvalue weighted by atomic mass is 10.3. The molecule has 1 aliphatic heterocycles. The largest absolute Gasteiger partial charge is 0.278 e. The minimum Gasteiger partial charge on any atom is -0.278 e. The van der Waals surface area contributed by atoms with Crippen molar-refractivity contribution in [3.05, 3.63) is 30.3 Å². The maximum absolute atomic E-state index is 2.71. The Morgan fingerprint density at radius 1 is 1.00 bits per heavy atom. The summed E-state index contributed by atoms with van der Waals surface area (Å²) in [5.41, 5.74) is 0. The molecule has 16 heavy (non-hydrogen) atoms. The van der Waals surface area contributed by atoms with E-state index >= 15 is 0 Å².